The molecule has 9 nitrogen and oxygen atoms in total. The Kier molecular flexibility index (Phi) is 4.40. The largest absolute Gasteiger partial charge is 0.480 e. The van der Waals surface area contributed by atoms with Gasteiger partial charge in [0.1, 0.15) is 6.33 Å². The van der Waals surface area contributed by atoms with Gasteiger partial charge in [-0.3, -0.25) is 5.32 Å². The van der Waals surface area contributed by atoms with E-state index in [0.717, 1.165) is 0 Å². The Morgan fingerprint density at radius 3 is 2.82 bits per heavy atom. The lowest BCUT2D eigenvalue weighted by Gasteiger charge is -2.13. The van der Waals surface area contributed by atoms with Crippen LogP contribution in [0.2, 0.25) is 0 Å². The van der Waals surface area contributed by atoms with Crippen LogP contribution in [0.25, 0.3) is 0 Å². The van der Waals surface area contributed by atoms with E-state index in [1.807, 2.05) is 0 Å². The van der Waals surface area contributed by atoms with Crippen molar-refractivity contribution in [2.24, 2.45) is 7.05 Å². The van der Waals surface area contributed by atoms with Crippen LogP contribution < -0.4 is 10.6 Å². The highest BCUT2D eigenvalue weighted by molar-refractivity contribution is 5.90. The van der Waals surface area contributed by atoms with Gasteiger partial charge in [-0.2, -0.15) is 10.1 Å². The second-order valence-electron chi connectivity index (χ2n) is 3.15. The van der Waals surface area contributed by atoms with Gasteiger partial charge in [0.05, 0.1) is 6.61 Å². The summed E-state index contributed by atoms with van der Waals surface area (Å²) < 4.78 is 6.01. The number of rotatable bonds is 5. The third-order valence-electron chi connectivity index (χ3n) is 1.87. The summed E-state index contributed by atoms with van der Waals surface area (Å²) in [5.74, 6) is -0.968. The third-order valence-corrected chi connectivity index (χ3v) is 1.87. The van der Waals surface area contributed by atoms with Gasteiger partial charge in [-0.15, -0.1) is 0 Å². The van der Waals surface area contributed by atoms with Gasteiger partial charge in [-0.1, -0.05) is 0 Å². The Hall–Kier alpha value is -2.16. The maximum atomic E-state index is 11.4. The van der Waals surface area contributed by atoms with E-state index >= 15 is 0 Å². The van der Waals surface area contributed by atoms with Crippen LogP contribution >= 0.6 is 0 Å². The first kappa shape index (κ1) is 12.9. The number of aromatic nitrogens is 3. The molecule has 0 saturated carbocycles. The average Bonchev–Trinajstić information content (AvgIpc) is 2.63. The number of nitrogens with one attached hydrogen (secondary N) is 2. The van der Waals surface area contributed by atoms with Gasteiger partial charge in [-0.25, -0.2) is 14.3 Å². The lowest BCUT2D eigenvalue weighted by atomic mass is 10.3. The first-order valence-corrected chi connectivity index (χ1v) is 4.68. The smallest absolute Gasteiger partial charge is 0.328 e. The summed E-state index contributed by atoms with van der Waals surface area (Å²) in [6, 6.07) is -1.81. The number of carboxylic acid groups (broad SMARTS) is 1. The molecule has 0 aliphatic heterocycles. The molecule has 9 heteroatoms. The minimum Gasteiger partial charge on any atom is -0.480 e. The fourth-order valence-corrected chi connectivity index (χ4v) is 1.05. The molecule has 0 fully saturated rings. The molecule has 1 atom stereocenters. The summed E-state index contributed by atoms with van der Waals surface area (Å²) in [6.45, 7) is -0.123. The van der Waals surface area contributed by atoms with Crippen molar-refractivity contribution in [3.8, 4) is 0 Å². The first-order valence-electron chi connectivity index (χ1n) is 4.68. The molecule has 0 aliphatic carbocycles. The van der Waals surface area contributed by atoms with Crippen molar-refractivity contribution < 1.29 is 19.4 Å². The molecule has 0 radical (unpaired) electrons. The van der Waals surface area contributed by atoms with Crippen molar-refractivity contribution in [1.29, 1.82) is 0 Å². The molecule has 0 saturated heterocycles. The van der Waals surface area contributed by atoms with Gasteiger partial charge in [0.25, 0.3) is 0 Å². The normalized spacial score (nSPS) is 11.9. The highest BCUT2D eigenvalue weighted by atomic mass is 16.5. The first-order chi connectivity index (χ1) is 8.04. The molecule has 1 heterocycles. The molecule has 94 valence electrons. The second kappa shape index (κ2) is 5.80. The van der Waals surface area contributed by atoms with Crippen molar-refractivity contribution in [2.45, 2.75) is 6.04 Å². The van der Waals surface area contributed by atoms with E-state index in [1.54, 1.807) is 7.05 Å². The topological polar surface area (TPSA) is 118 Å². The van der Waals surface area contributed by atoms with Crippen LogP contribution in [0.15, 0.2) is 6.33 Å². The van der Waals surface area contributed by atoms with Crippen LogP contribution in [0.5, 0.6) is 0 Å². The number of anilines is 1. The average molecular weight is 243 g/mol. The zero-order chi connectivity index (χ0) is 12.8. The molecule has 1 aromatic rings. The second-order valence-corrected chi connectivity index (χ2v) is 3.15. The number of carboxylic acids is 1. The molecule has 0 bridgehead atoms. The number of aryl methyl sites for hydroxylation is 1. The van der Waals surface area contributed by atoms with Crippen LogP contribution in [-0.4, -0.2) is 51.6 Å². The van der Waals surface area contributed by atoms with Crippen LogP contribution in [0, 0.1) is 0 Å². The lowest BCUT2D eigenvalue weighted by Crippen LogP contribution is -2.45. The summed E-state index contributed by atoms with van der Waals surface area (Å²) in [7, 11) is 2.94. The Labute approximate surface area is 96.8 Å². The van der Waals surface area contributed by atoms with Gasteiger partial charge in [-0.05, 0) is 0 Å². The molecule has 17 heavy (non-hydrogen) atoms. The summed E-state index contributed by atoms with van der Waals surface area (Å²) >= 11 is 0. The number of ether oxygens (including phenoxy) is 1. The quantitative estimate of drug-likeness (QED) is 0.612. The van der Waals surface area contributed by atoms with E-state index in [4.69, 9.17) is 5.11 Å². The Bertz CT molecular complexity index is 404. The maximum absolute atomic E-state index is 11.4. The van der Waals surface area contributed by atoms with E-state index in [1.165, 1.54) is 18.1 Å². The number of methoxy groups -OCH3 is 1. The van der Waals surface area contributed by atoms with Crippen LogP contribution in [-0.2, 0) is 16.6 Å². The molecule has 1 aromatic heterocycles. The summed E-state index contributed by atoms with van der Waals surface area (Å²) in [5.41, 5.74) is 0. The Balaban J connectivity index is 2.53. The highest BCUT2D eigenvalue weighted by Gasteiger charge is 2.20. The van der Waals surface area contributed by atoms with Crippen molar-refractivity contribution in [3.05, 3.63) is 6.33 Å². The molecule has 1 unspecified atom stereocenters. The number of amides is 2. The number of nitrogens with zero attached hydrogens (tertiary/aromatic N) is 3. The summed E-state index contributed by atoms with van der Waals surface area (Å²) in [4.78, 5) is 25.9. The van der Waals surface area contributed by atoms with Gasteiger partial charge in [0, 0.05) is 14.2 Å². The number of aliphatic carboxylic acids is 1. The van der Waals surface area contributed by atoms with Crippen molar-refractivity contribution in [3.63, 3.8) is 0 Å². The van der Waals surface area contributed by atoms with Crippen LogP contribution in [0.1, 0.15) is 0 Å². The summed E-state index contributed by atoms with van der Waals surface area (Å²) in [6.07, 6.45) is 1.26. The predicted octanol–water partition coefficient (Wildman–Crippen LogP) is -0.964. The number of hydrogen-bond acceptors (Lipinski definition) is 5. The van der Waals surface area contributed by atoms with E-state index in [2.05, 4.69) is 25.5 Å². The van der Waals surface area contributed by atoms with Crippen LogP contribution in [0.3, 0.4) is 0 Å². The fourth-order valence-electron chi connectivity index (χ4n) is 1.05. The number of carbonyl (C=O) groups is 2. The SMILES string of the molecule is COCC(NC(=O)Nc1ncnn1C)C(=O)O. The highest BCUT2D eigenvalue weighted by Crippen LogP contribution is 1.97. The van der Waals surface area contributed by atoms with Crippen molar-refractivity contribution >= 4 is 17.9 Å². The molecule has 0 spiro atoms. The van der Waals surface area contributed by atoms with Gasteiger partial charge in [0.15, 0.2) is 6.04 Å². The molecule has 2 amide bonds. The molecule has 3 N–H and O–H groups in total. The number of carbonyl (C=O) groups excluding carboxylic acids is 1. The standard InChI is InChI=1S/C8H13N5O4/c1-13-7(9-4-10-13)12-8(16)11-5(3-17-2)6(14)15/h4-5H,3H2,1-2H3,(H,14,15)(H2,9,10,11,12,16). The van der Waals surface area contributed by atoms with Crippen molar-refractivity contribution in [2.75, 3.05) is 19.0 Å². The van der Waals surface area contributed by atoms with Gasteiger partial charge in [0.2, 0.25) is 5.95 Å². The zero-order valence-corrected chi connectivity index (χ0v) is 9.38. The molecule has 0 aromatic carbocycles. The summed E-state index contributed by atoms with van der Waals surface area (Å²) in [5, 5.41) is 17.1. The van der Waals surface area contributed by atoms with E-state index in [9.17, 15) is 9.59 Å². The Morgan fingerprint density at radius 1 is 1.65 bits per heavy atom. The molecular formula is C8H13N5O4. The van der Waals surface area contributed by atoms with Crippen molar-refractivity contribution in [1.82, 2.24) is 20.1 Å². The molecule has 0 aliphatic rings. The van der Waals surface area contributed by atoms with Gasteiger partial charge >= 0.3 is 12.0 Å². The predicted molar refractivity (Wildman–Crippen MR) is 56.5 cm³/mol. The third kappa shape index (κ3) is 3.72. The number of hydrogen-bond donors (Lipinski definition) is 3. The van der Waals surface area contributed by atoms with Crippen LogP contribution in [0.4, 0.5) is 10.7 Å². The van der Waals surface area contributed by atoms with E-state index < -0.39 is 18.0 Å². The minimum atomic E-state index is -1.18. The maximum Gasteiger partial charge on any atom is 0.328 e. The minimum absolute atomic E-state index is 0.123. The molecular weight excluding hydrogens is 230 g/mol. The Morgan fingerprint density at radius 2 is 2.35 bits per heavy atom. The number of urea groups is 1. The van der Waals surface area contributed by atoms with Gasteiger partial charge < -0.3 is 15.2 Å². The van der Waals surface area contributed by atoms with E-state index in [0.29, 0.717) is 0 Å². The zero-order valence-electron chi connectivity index (χ0n) is 9.38. The monoisotopic (exact) mass is 243 g/mol. The lowest BCUT2D eigenvalue weighted by molar-refractivity contribution is -0.140. The fraction of sp³-hybridized carbons (Fsp3) is 0.500. The van der Waals surface area contributed by atoms with E-state index in [-0.39, 0.29) is 12.6 Å². The molecule has 1 rings (SSSR count).